The van der Waals surface area contributed by atoms with E-state index in [2.05, 4.69) is 15.4 Å². The van der Waals surface area contributed by atoms with Crippen LogP contribution in [0.4, 0.5) is 11.4 Å². The fourth-order valence-corrected chi connectivity index (χ4v) is 2.58. The maximum atomic E-state index is 12.1. The van der Waals surface area contributed by atoms with Crippen molar-refractivity contribution in [3.05, 3.63) is 69.3 Å². The summed E-state index contributed by atoms with van der Waals surface area (Å²) in [4.78, 5) is 24.3. The highest BCUT2D eigenvalue weighted by Gasteiger charge is 2.11. The van der Waals surface area contributed by atoms with Gasteiger partial charge in [0, 0.05) is 36.5 Å². The number of aliphatic hydroxyl groups excluding tert-OH is 1. The van der Waals surface area contributed by atoms with E-state index < -0.39 is 10.8 Å². The van der Waals surface area contributed by atoms with E-state index in [1.807, 2.05) is 32.0 Å². The number of benzene rings is 2. The van der Waals surface area contributed by atoms with E-state index in [-0.39, 0.29) is 17.9 Å². The Balaban J connectivity index is 2.06. The molecule has 0 radical (unpaired) electrons. The van der Waals surface area contributed by atoms with Crippen LogP contribution in [0.25, 0.3) is 0 Å². The van der Waals surface area contributed by atoms with Crippen molar-refractivity contribution in [2.45, 2.75) is 13.8 Å². The predicted octanol–water partition coefficient (Wildman–Crippen LogP) is 2.49. The Bertz CT molecular complexity index is 851. The molecule has 2 aromatic carbocycles. The number of amides is 1. The van der Waals surface area contributed by atoms with Gasteiger partial charge in [0.1, 0.15) is 0 Å². The monoisotopic (exact) mass is 370 g/mol. The number of hydrogen-bond acceptors (Lipinski definition) is 6. The Labute approximate surface area is 157 Å². The van der Waals surface area contributed by atoms with Crippen LogP contribution in [0, 0.1) is 17.0 Å². The second-order valence-corrected chi connectivity index (χ2v) is 5.85. The lowest BCUT2D eigenvalue weighted by Gasteiger charge is -2.22. The van der Waals surface area contributed by atoms with Crippen molar-refractivity contribution in [2.75, 3.05) is 24.6 Å². The van der Waals surface area contributed by atoms with Crippen molar-refractivity contribution < 1.29 is 14.8 Å². The summed E-state index contributed by atoms with van der Waals surface area (Å²) in [6.07, 6.45) is 1.52. The zero-order valence-electron chi connectivity index (χ0n) is 15.3. The predicted molar refractivity (Wildman–Crippen MR) is 104 cm³/mol. The highest BCUT2D eigenvalue weighted by Crippen LogP contribution is 2.18. The van der Waals surface area contributed by atoms with E-state index in [4.69, 9.17) is 5.11 Å². The van der Waals surface area contributed by atoms with Gasteiger partial charge in [-0.05, 0) is 43.2 Å². The number of nitrogens with zero attached hydrogens (tertiary/aromatic N) is 3. The van der Waals surface area contributed by atoms with Gasteiger partial charge in [-0.1, -0.05) is 12.1 Å². The summed E-state index contributed by atoms with van der Waals surface area (Å²) in [5, 5.41) is 23.8. The second-order valence-electron chi connectivity index (χ2n) is 5.85. The lowest BCUT2D eigenvalue weighted by Crippen LogP contribution is -2.26. The number of carbonyl (C=O) groups excluding carboxylic acids is 1. The van der Waals surface area contributed by atoms with Crippen molar-refractivity contribution in [3.8, 4) is 0 Å². The molecular weight excluding hydrogens is 348 g/mol. The van der Waals surface area contributed by atoms with Gasteiger partial charge in [0.15, 0.2) is 0 Å². The average molecular weight is 370 g/mol. The molecule has 2 N–H and O–H groups in total. The van der Waals surface area contributed by atoms with Gasteiger partial charge in [-0.3, -0.25) is 14.9 Å². The summed E-state index contributed by atoms with van der Waals surface area (Å²) in [6, 6.07) is 11.3. The quantitative estimate of drug-likeness (QED) is 0.422. The molecule has 0 aliphatic rings. The molecule has 0 atom stereocenters. The minimum atomic E-state index is -0.554. The maximum Gasteiger partial charge on any atom is 0.271 e. The maximum absolute atomic E-state index is 12.1. The molecule has 0 aromatic heterocycles. The van der Waals surface area contributed by atoms with Gasteiger partial charge in [-0.15, -0.1) is 0 Å². The smallest absolute Gasteiger partial charge is 0.271 e. The number of hydrazone groups is 1. The summed E-state index contributed by atoms with van der Waals surface area (Å²) < 4.78 is 0. The van der Waals surface area contributed by atoms with Crippen LogP contribution in [-0.4, -0.2) is 41.8 Å². The number of anilines is 1. The van der Waals surface area contributed by atoms with E-state index in [0.717, 1.165) is 23.4 Å². The first-order chi connectivity index (χ1) is 13.0. The molecule has 142 valence electrons. The lowest BCUT2D eigenvalue weighted by molar-refractivity contribution is -0.384. The van der Waals surface area contributed by atoms with Gasteiger partial charge in [-0.25, -0.2) is 5.43 Å². The molecule has 8 heteroatoms. The molecule has 0 fully saturated rings. The third-order valence-electron chi connectivity index (χ3n) is 4.06. The van der Waals surface area contributed by atoms with Crippen molar-refractivity contribution in [1.29, 1.82) is 0 Å². The van der Waals surface area contributed by atoms with E-state index >= 15 is 0 Å². The van der Waals surface area contributed by atoms with E-state index in [1.165, 1.54) is 30.5 Å². The van der Waals surface area contributed by atoms with Crippen molar-refractivity contribution >= 4 is 23.5 Å². The highest BCUT2D eigenvalue weighted by atomic mass is 16.6. The van der Waals surface area contributed by atoms with Gasteiger partial charge < -0.3 is 10.0 Å². The van der Waals surface area contributed by atoms with Crippen LogP contribution in [-0.2, 0) is 0 Å². The molecule has 0 aliphatic carbocycles. The Morgan fingerprint density at radius 2 is 2.11 bits per heavy atom. The van der Waals surface area contributed by atoms with Crippen LogP contribution in [0.3, 0.4) is 0 Å². The number of carbonyl (C=O) groups is 1. The van der Waals surface area contributed by atoms with Gasteiger partial charge in [0.2, 0.25) is 0 Å². The number of hydrogen-bond donors (Lipinski definition) is 2. The number of likely N-dealkylation sites (N-methyl/N-ethyl adjacent to an activating group) is 1. The highest BCUT2D eigenvalue weighted by molar-refractivity contribution is 5.95. The minimum Gasteiger partial charge on any atom is -0.395 e. The number of nitro benzene ring substituents is 1. The van der Waals surface area contributed by atoms with Crippen LogP contribution in [0.1, 0.15) is 28.4 Å². The lowest BCUT2D eigenvalue weighted by atomic mass is 10.1. The fraction of sp³-hybridized carbons (Fsp3) is 0.263. The molecule has 2 rings (SSSR count). The molecule has 0 unspecified atom stereocenters. The number of nitro groups is 1. The first kappa shape index (κ1) is 20.1. The molecule has 0 heterocycles. The zero-order valence-corrected chi connectivity index (χ0v) is 15.3. The van der Waals surface area contributed by atoms with Crippen LogP contribution < -0.4 is 10.3 Å². The molecule has 0 bridgehead atoms. The SMILES string of the molecule is CCN(CCO)c1ccc(/C=N\NC(=O)c2cccc([N+](=O)[O-])c2)c(C)c1. The Hall–Kier alpha value is -3.26. The topological polar surface area (TPSA) is 108 Å². The number of aryl methyl sites for hydroxylation is 1. The average Bonchev–Trinajstić information content (AvgIpc) is 2.67. The molecule has 1 amide bonds. The second kappa shape index (κ2) is 9.44. The van der Waals surface area contributed by atoms with E-state index in [1.54, 1.807) is 0 Å². The van der Waals surface area contributed by atoms with Gasteiger partial charge in [-0.2, -0.15) is 5.10 Å². The van der Waals surface area contributed by atoms with E-state index in [9.17, 15) is 14.9 Å². The number of rotatable bonds is 8. The summed E-state index contributed by atoms with van der Waals surface area (Å²) in [5.74, 6) is -0.524. The van der Waals surface area contributed by atoms with Crippen LogP contribution in [0.5, 0.6) is 0 Å². The Morgan fingerprint density at radius 1 is 1.33 bits per heavy atom. The molecule has 2 aromatic rings. The Morgan fingerprint density at radius 3 is 2.74 bits per heavy atom. The number of nitrogens with one attached hydrogen (secondary N) is 1. The van der Waals surface area contributed by atoms with Gasteiger partial charge in [0.05, 0.1) is 17.7 Å². The van der Waals surface area contributed by atoms with Crippen LogP contribution in [0.15, 0.2) is 47.6 Å². The van der Waals surface area contributed by atoms with Crippen molar-refractivity contribution in [2.24, 2.45) is 5.10 Å². The van der Waals surface area contributed by atoms with Crippen molar-refractivity contribution in [3.63, 3.8) is 0 Å². The molecule has 0 saturated heterocycles. The third kappa shape index (κ3) is 5.35. The number of aliphatic hydroxyl groups is 1. The zero-order chi connectivity index (χ0) is 19.8. The third-order valence-corrected chi connectivity index (χ3v) is 4.06. The van der Waals surface area contributed by atoms with E-state index in [0.29, 0.717) is 6.54 Å². The molecule has 27 heavy (non-hydrogen) atoms. The molecule has 8 nitrogen and oxygen atoms in total. The van der Waals surface area contributed by atoms with Gasteiger partial charge in [0.25, 0.3) is 11.6 Å². The first-order valence-electron chi connectivity index (χ1n) is 8.50. The Kier molecular flexibility index (Phi) is 7.01. The number of non-ortho nitro benzene ring substituents is 1. The minimum absolute atomic E-state index is 0.0831. The summed E-state index contributed by atoms with van der Waals surface area (Å²) in [6.45, 7) is 5.37. The summed E-state index contributed by atoms with van der Waals surface area (Å²) in [7, 11) is 0. The molecular formula is C19H22N4O4. The summed E-state index contributed by atoms with van der Waals surface area (Å²) >= 11 is 0. The molecule has 0 saturated carbocycles. The van der Waals surface area contributed by atoms with Gasteiger partial charge >= 0.3 is 0 Å². The largest absolute Gasteiger partial charge is 0.395 e. The summed E-state index contributed by atoms with van der Waals surface area (Å²) in [5.41, 5.74) is 5.19. The fourth-order valence-electron chi connectivity index (χ4n) is 2.58. The van der Waals surface area contributed by atoms with Crippen molar-refractivity contribution in [1.82, 2.24) is 5.43 Å². The normalized spacial score (nSPS) is 10.8. The first-order valence-corrected chi connectivity index (χ1v) is 8.50. The standard InChI is InChI=1S/C19H22N4O4/c1-3-22(9-10-24)17-8-7-16(14(2)11-17)13-20-21-19(25)15-5-4-6-18(12-15)23(26)27/h4-8,11-13,24H,3,9-10H2,1-2H3,(H,21,25)/b20-13-. The molecule has 0 spiro atoms. The van der Waals surface area contributed by atoms with Crippen LogP contribution >= 0.6 is 0 Å². The van der Waals surface area contributed by atoms with Crippen LogP contribution in [0.2, 0.25) is 0 Å². The molecule has 0 aliphatic heterocycles.